The van der Waals surface area contributed by atoms with E-state index in [9.17, 15) is 18.0 Å². The summed E-state index contributed by atoms with van der Waals surface area (Å²) in [6.07, 6.45) is -3.68. The Morgan fingerprint density at radius 1 is 1.20 bits per heavy atom. The molecule has 0 saturated heterocycles. The topological polar surface area (TPSA) is 39.2 Å². The van der Waals surface area contributed by atoms with Crippen LogP contribution in [0.3, 0.4) is 0 Å². The summed E-state index contributed by atoms with van der Waals surface area (Å²) >= 11 is 1.30. The van der Waals surface area contributed by atoms with E-state index in [0.717, 1.165) is 12.1 Å². The normalized spacial score (nSPS) is 11.6. The van der Waals surface area contributed by atoms with Gasteiger partial charge in [-0.25, -0.2) is 4.98 Å². The number of thiazole rings is 1. The Kier molecular flexibility index (Phi) is 4.51. The number of benzene rings is 1. The molecule has 0 bridgehead atoms. The molecule has 0 radical (unpaired) electrons. The first-order valence-corrected chi connectivity index (χ1v) is 6.50. The Balaban J connectivity index is 1.86. The molecule has 2 aromatic rings. The van der Waals surface area contributed by atoms with E-state index in [-0.39, 0.29) is 13.2 Å². The number of hydrogen-bond acceptors (Lipinski definition) is 4. The number of hydrogen-bond donors (Lipinski definition) is 0. The van der Waals surface area contributed by atoms with Gasteiger partial charge in [-0.2, -0.15) is 13.2 Å². The number of aldehydes is 1. The minimum atomic E-state index is -4.33. The van der Waals surface area contributed by atoms with Gasteiger partial charge >= 0.3 is 6.18 Å². The van der Waals surface area contributed by atoms with E-state index in [1.807, 2.05) is 0 Å². The molecule has 7 heteroatoms. The van der Waals surface area contributed by atoms with Crippen molar-refractivity contribution < 1.29 is 22.7 Å². The second-order valence-corrected chi connectivity index (χ2v) is 4.91. The van der Waals surface area contributed by atoms with Crippen molar-refractivity contribution >= 4 is 17.6 Å². The predicted molar refractivity (Wildman–Crippen MR) is 67.4 cm³/mol. The molecule has 0 aliphatic rings. The number of aromatic nitrogens is 1. The fraction of sp³-hybridized carbons (Fsp3) is 0.231. The van der Waals surface area contributed by atoms with Crippen molar-refractivity contribution in [3.8, 4) is 0 Å². The first-order valence-electron chi connectivity index (χ1n) is 5.62. The molecule has 3 nitrogen and oxygen atoms in total. The molecule has 0 spiro atoms. The summed E-state index contributed by atoms with van der Waals surface area (Å²) in [6.45, 7) is 0.410. The molecule has 0 unspecified atom stereocenters. The second-order valence-electron chi connectivity index (χ2n) is 3.97. The van der Waals surface area contributed by atoms with Crippen molar-refractivity contribution in [3.63, 3.8) is 0 Å². The van der Waals surface area contributed by atoms with Crippen LogP contribution in [0.15, 0.2) is 29.6 Å². The van der Waals surface area contributed by atoms with Gasteiger partial charge in [0, 0.05) is 5.38 Å². The number of carbonyl (C=O) groups excluding carboxylic acids is 1. The molecular weight excluding hydrogens is 291 g/mol. The van der Waals surface area contributed by atoms with E-state index in [0.29, 0.717) is 22.6 Å². The summed E-state index contributed by atoms with van der Waals surface area (Å²) in [5, 5.41) is 2.27. The van der Waals surface area contributed by atoms with E-state index >= 15 is 0 Å². The first-order chi connectivity index (χ1) is 9.49. The molecule has 2 rings (SSSR count). The van der Waals surface area contributed by atoms with Gasteiger partial charge in [0.05, 0.1) is 18.8 Å². The lowest BCUT2D eigenvalue weighted by molar-refractivity contribution is -0.137. The van der Waals surface area contributed by atoms with Crippen molar-refractivity contribution in [1.29, 1.82) is 0 Å². The molecule has 1 aromatic heterocycles. The number of ether oxygens (including phenoxy) is 1. The van der Waals surface area contributed by atoms with Crippen LogP contribution in [0, 0.1) is 0 Å². The van der Waals surface area contributed by atoms with Gasteiger partial charge < -0.3 is 4.74 Å². The maximum absolute atomic E-state index is 12.4. The van der Waals surface area contributed by atoms with Crippen molar-refractivity contribution in [2.75, 3.05) is 0 Å². The van der Waals surface area contributed by atoms with Crippen LogP contribution in [0.2, 0.25) is 0 Å². The smallest absolute Gasteiger partial charge is 0.370 e. The number of rotatable bonds is 5. The third-order valence-corrected chi connectivity index (χ3v) is 3.31. The van der Waals surface area contributed by atoms with Gasteiger partial charge in [-0.15, -0.1) is 11.3 Å². The summed E-state index contributed by atoms with van der Waals surface area (Å²) in [5.41, 5.74) is 0.310. The van der Waals surface area contributed by atoms with Gasteiger partial charge in [0.2, 0.25) is 0 Å². The molecule has 0 N–H and O–H groups in total. The fourth-order valence-electron chi connectivity index (χ4n) is 1.49. The highest BCUT2D eigenvalue weighted by atomic mass is 32.1. The zero-order valence-corrected chi connectivity index (χ0v) is 11.0. The molecule has 1 heterocycles. The van der Waals surface area contributed by atoms with Gasteiger partial charge in [0.25, 0.3) is 0 Å². The van der Waals surface area contributed by atoms with Crippen LogP contribution in [0.1, 0.15) is 26.6 Å². The van der Waals surface area contributed by atoms with Crippen LogP contribution in [0.25, 0.3) is 0 Å². The van der Waals surface area contributed by atoms with Crippen molar-refractivity contribution in [2.45, 2.75) is 19.4 Å². The van der Waals surface area contributed by atoms with Crippen LogP contribution < -0.4 is 0 Å². The highest BCUT2D eigenvalue weighted by Crippen LogP contribution is 2.29. The highest BCUT2D eigenvalue weighted by molar-refractivity contribution is 7.09. The van der Waals surface area contributed by atoms with Crippen LogP contribution in [-0.4, -0.2) is 11.3 Å². The average molecular weight is 301 g/mol. The SMILES string of the molecule is O=Cc1csc(COCc2ccc(C(F)(F)F)cc2)n1. The lowest BCUT2D eigenvalue weighted by atomic mass is 10.1. The maximum atomic E-state index is 12.4. The number of carbonyl (C=O) groups is 1. The summed E-state index contributed by atoms with van der Waals surface area (Å²) < 4.78 is 42.4. The first kappa shape index (κ1) is 14.7. The van der Waals surface area contributed by atoms with Crippen LogP contribution in [0.4, 0.5) is 13.2 Å². The second kappa shape index (κ2) is 6.15. The molecule has 0 aliphatic heterocycles. The van der Waals surface area contributed by atoms with Crippen molar-refractivity contribution in [2.24, 2.45) is 0 Å². The summed E-state index contributed by atoms with van der Waals surface area (Å²) in [5.74, 6) is 0. The molecule has 1 aromatic carbocycles. The summed E-state index contributed by atoms with van der Waals surface area (Å²) in [6, 6.07) is 4.79. The maximum Gasteiger partial charge on any atom is 0.416 e. The standard InChI is InChI=1S/C13H10F3NO2S/c14-13(15,16)10-3-1-9(2-4-10)6-19-7-12-17-11(5-18)8-20-12/h1-5,8H,6-7H2. The number of halogens is 3. The van der Waals surface area contributed by atoms with Gasteiger partial charge in [-0.3, -0.25) is 4.79 Å². The van der Waals surface area contributed by atoms with Gasteiger partial charge in [0.15, 0.2) is 6.29 Å². The molecule has 20 heavy (non-hydrogen) atoms. The van der Waals surface area contributed by atoms with E-state index in [4.69, 9.17) is 4.74 Å². The van der Waals surface area contributed by atoms with Gasteiger partial charge in [-0.05, 0) is 17.7 Å². The third-order valence-electron chi connectivity index (χ3n) is 2.47. The van der Waals surface area contributed by atoms with E-state index < -0.39 is 11.7 Å². The lowest BCUT2D eigenvalue weighted by Gasteiger charge is -2.07. The fourth-order valence-corrected chi connectivity index (χ4v) is 2.17. The Bertz CT molecular complexity index is 578. The van der Waals surface area contributed by atoms with Crippen molar-refractivity contribution in [1.82, 2.24) is 4.98 Å². The molecule has 0 amide bonds. The van der Waals surface area contributed by atoms with Crippen LogP contribution in [0.5, 0.6) is 0 Å². The summed E-state index contributed by atoms with van der Waals surface area (Å²) in [7, 11) is 0. The Labute approximate surface area is 117 Å². The highest BCUT2D eigenvalue weighted by Gasteiger charge is 2.29. The number of alkyl halides is 3. The third kappa shape index (κ3) is 3.88. The van der Waals surface area contributed by atoms with Crippen LogP contribution in [-0.2, 0) is 24.1 Å². The van der Waals surface area contributed by atoms with E-state index in [1.165, 1.54) is 23.5 Å². The monoisotopic (exact) mass is 301 g/mol. The Morgan fingerprint density at radius 2 is 1.90 bits per heavy atom. The molecule has 106 valence electrons. The zero-order valence-electron chi connectivity index (χ0n) is 10.2. The minimum absolute atomic E-state index is 0.189. The average Bonchev–Trinajstić information content (AvgIpc) is 2.86. The quantitative estimate of drug-likeness (QED) is 0.791. The molecule has 0 saturated carbocycles. The Morgan fingerprint density at radius 3 is 2.45 bits per heavy atom. The predicted octanol–water partition coefficient (Wildman–Crippen LogP) is 3.69. The van der Waals surface area contributed by atoms with Gasteiger partial charge in [0.1, 0.15) is 10.7 Å². The number of nitrogens with zero attached hydrogens (tertiary/aromatic N) is 1. The molecule has 0 aliphatic carbocycles. The molecule has 0 fully saturated rings. The van der Waals surface area contributed by atoms with E-state index in [1.54, 1.807) is 5.38 Å². The Hall–Kier alpha value is -1.73. The largest absolute Gasteiger partial charge is 0.416 e. The van der Waals surface area contributed by atoms with E-state index in [2.05, 4.69) is 4.98 Å². The summed E-state index contributed by atoms with van der Waals surface area (Å²) in [4.78, 5) is 14.4. The zero-order chi connectivity index (χ0) is 14.6. The molecule has 0 atom stereocenters. The van der Waals surface area contributed by atoms with Gasteiger partial charge in [-0.1, -0.05) is 12.1 Å². The molecular formula is C13H10F3NO2S. The lowest BCUT2D eigenvalue weighted by Crippen LogP contribution is -2.04. The van der Waals surface area contributed by atoms with Crippen LogP contribution >= 0.6 is 11.3 Å². The van der Waals surface area contributed by atoms with Crippen molar-refractivity contribution in [3.05, 3.63) is 51.5 Å². The minimum Gasteiger partial charge on any atom is -0.370 e.